The van der Waals surface area contributed by atoms with Gasteiger partial charge in [0.05, 0.1) is 11.5 Å². The fourth-order valence-electron chi connectivity index (χ4n) is 3.12. The van der Waals surface area contributed by atoms with Crippen molar-refractivity contribution in [2.45, 2.75) is 65.3 Å². The average Bonchev–Trinajstić information content (AvgIpc) is 2.82. The smallest absolute Gasteiger partial charge is 0.308 e. The largest absolute Gasteiger partial charge is 0.481 e. The molecule has 3 N–H and O–H groups in total. The Balaban J connectivity index is 2.62. The topological polar surface area (TPSA) is 78.4 Å². The van der Waals surface area contributed by atoms with E-state index in [4.69, 9.17) is 0 Å². The van der Waals surface area contributed by atoms with E-state index in [1.165, 1.54) is 0 Å². The van der Waals surface area contributed by atoms with Gasteiger partial charge in [0.25, 0.3) is 0 Å². The first kappa shape index (κ1) is 18.0. The van der Waals surface area contributed by atoms with Crippen molar-refractivity contribution < 1.29 is 14.7 Å². The number of carbonyl (C=O) groups is 2. The van der Waals surface area contributed by atoms with Crippen LogP contribution in [-0.4, -0.2) is 35.6 Å². The van der Waals surface area contributed by atoms with Gasteiger partial charge in [0.1, 0.15) is 0 Å². The van der Waals surface area contributed by atoms with Crippen molar-refractivity contribution in [2.75, 3.05) is 13.1 Å². The summed E-state index contributed by atoms with van der Waals surface area (Å²) in [4.78, 5) is 23.8. The molecule has 1 aliphatic rings. The van der Waals surface area contributed by atoms with Crippen molar-refractivity contribution in [3.05, 3.63) is 0 Å². The summed E-state index contributed by atoms with van der Waals surface area (Å²) in [5, 5.41) is 15.5. The molecular weight excluding hydrogens is 268 g/mol. The third kappa shape index (κ3) is 5.30. The van der Waals surface area contributed by atoms with E-state index in [1.54, 1.807) is 0 Å². The average molecular weight is 298 g/mol. The van der Waals surface area contributed by atoms with Crippen molar-refractivity contribution in [3.8, 4) is 0 Å². The molecule has 0 aromatic heterocycles. The van der Waals surface area contributed by atoms with Gasteiger partial charge >= 0.3 is 5.97 Å². The maximum absolute atomic E-state index is 12.5. The molecule has 0 saturated carbocycles. The van der Waals surface area contributed by atoms with Crippen LogP contribution in [0.3, 0.4) is 0 Å². The number of carboxylic acid groups (broad SMARTS) is 1. The molecule has 2 unspecified atom stereocenters. The Bertz CT molecular complexity index is 368. The van der Waals surface area contributed by atoms with Gasteiger partial charge in [-0.2, -0.15) is 0 Å². The summed E-state index contributed by atoms with van der Waals surface area (Å²) in [7, 11) is 0. The first-order chi connectivity index (χ1) is 9.70. The Hall–Kier alpha value is -1.10. The Morgan fingerprint density at radius 2 is 2.05 bits per heavy atom. The highest BCUT2D eigenvalue weighted by atomic mass is 16.4. The molecule has 1 rings (SSSR count). The summed E-state index contributed by atoms with van der Waals surface area (Å²) in [6, 6.07) is 0. The minimum absolute atomic E-state index is 0.0398. The number of carbonyl (C=O) groups excluding carboxylic acids is 1. The lowest BCUT2D eigenvalue weighted by atomic mass is 9.84. The van der Waals surface area contributed by atoms with Gasteiger partial charge in [-0.25, -0.2) is 0 Å². The van der Waals surface area contributed by atoms with E-state index >= 15 is 0 Å². The molecule has 5 nitrogen and oxygen atoms in total. The number of carboxylic acids is 1. The van der Waals surface area contributed by atoms with Crippen molar-refractivity contribution in [1.82, 2.24) is 10.6 Å². The predicted molar refractivity (Wildman–Crippen MR) is 83.1 cm³/mol. The number of amides is 1. The number of nitrogens with one attached hydrogen (secondary N) is 2. The lowest BCUT2D eigenvalue weighted by Gasteiger charge is -2.29. The second-order valence-corrected chi connectivity index (χ2v) is 7.37. The summed E-state index contributed by atoms with van der Waals surface area (Å²) in [5.74, 6) is -1.41. The highest BCUT2D eigenvalue weighted by molar-refractivity contribution is 5.87. The molecule has 1 amide bonds. The summed E-state index contributed by atoms with van der Waals surface area (Å²) in [5.41, 5.74) is -0.556. The van der Waals surface area contributed by atoms with Gasteiger partial charge in [-0.15, -0.1) is 0 Å². The van der Waals surface area contributed by atoms with Crippen LogP contribution in [0.2, 0.25) is 0 Å². The van der Waals surface area contributed by atoms with Gasteiger partial charge in [-0.1, -0.05) is 34.1 Å². The van der Waals surface area contributed by atoms with Crippen LogP contribution in [0.15, 0.2) is 0 Å². The van der Waals surface area contributed by atoms with Crippen molar-refractivity contribution >= 4 is 11.9 Å². The van der Waals surface area contributed by atoms with Gasteiger partial charge in [0.2, 0.25) is 5.91 Å². The highest BCUT2D eigenvalue weighted by Crippen LogP contribution is 2.26. The quantitative estimate of drug-likeness (QED) is 0.673. The van der Waals surface area contributed by atoms with E-state index in [9.17, 15) is 14.7 Å². The molecule has 0 bridgehead atoms. The molecule has 5 heteroatoms. The monoisotopic (exact) mass is 298 g/mol. The normalized spacial score (nSPS) is 23.8. The predicted octanol–water partition coefficient (Wildman–Crippen LogP) is 2.16. The van der Waals surface area contributed by atoms with E-state index < -0.39 is 17.4 Å². The molecule has 21 heavy (non-hydrogen) atoms. The number of rotatable bonds is 7. The molecule has 0 aromatic carbocycles. The van der Waals surface area contributed by atoms with Gasteiger partial charge in [0, 0.05) is 6.54 Å². The SMILES string of the molecule is CCCC1(C(=O)NCC(CC(C)(C)C)C(=O)O)CCCN1. The number of aliphatic carboxylic acids is 1. The van der Waals surface area contributed by atoms with E-state index in [-0.39, 0.29) is 17.9 Å². The Morgan fingerprint density at radius 3 is 2.48 bits per heavy atom. The molecule has 0 spiro atoms. The molecule has 1 aliphatic heterocycles. The molecule has 0 aromatic rings. The standard InChI is InChI=1S/C16H30N2O3/c1-5-7-16(8-6-9-18-16)14(21)17-11-12(13(19)20)10-15(2,3)4/h12,18H,5-11H2,1-4H3,(H,17,21)(H,19,20). The number of hydrogen-bond acceptors (Lipinski definition) is 3. The molecule has 0 radical (unpaired) electrons. The highest BCUT2D eigenvalue weighted by Gasteiger charge is 2.40. The summed E-state index contributed by atoms with van der Waals surface area (Å²) < 4.78 is 0. The second-order valence-electron chi connectivity index (χ2n) is 7.37. The first-order valence-electron chi connectivity index (χ1n) is 7.96. The zero-order valence-electron chi connectivity index (χ0n) is 13.8. The van der Waals surface area contributed by atoms with Gasteiger partial charge in [-0.05, 0) is 37.6 Å². The Labute approximate surface area is 127 Å². The van der Waals surface area contributed by atoms with Crippen molar-refractivity contribution in [2.24, 2.45) is 11.3 Å². The summed E-state index contributed by atoms with van der Waals surface area (Å²) >= 11 is 0. The van der Waals surface area contributed by atoms with Crippen LogP contribution in [0.1, 0.15) is 59.8 Å². The Kier molecular flexibility index (Phi) is 6.20. The minimum Gasteiger partial charge on any atom is -0.481 e. The zero-order chi connectivity index (χ0) is 16.1. The molecule has 1 heterocycles. The molecule has 2 atom stereocenters. The van der Waals surface area contributed by atoms with Crippen LogP contribution >= 0.6 is 0 Å². The maximum atomic E-state index is 12.5. The zero-order valence-corrected chi connectivity index (χ0v) is 13.8. The lowest BCUT2D eigenvalue weighted by Crippen LogP contribution is -2.54. The Morgan fingerprint density at radius 1 is 1.38 bits per heavy atom. The van der Waals surface area contributed by atoms with Gasteiger partial charge in [0.15, 0.2) is 0 Å². The molecular formula is C16H30N2O3. The number of hydrogen-bond donors (Lipinski definition) is 3. The van der Waals surface area contributed by atoms with Gasteiger partial charge < -0.3 is 15.7 Å². The van der Waals surface area contributed by atoms with E-state index in [1.807, 2.05) is 20.8 Å². The van der Waals surface area contributed by atoms with E-state index in [0.29, 0.717) is 6.42 Å². The van der Waals surface area contributed by atoms with Crippen molar-refractivity contribution in [1.29, 1.82) is 0 Å². The fraction of sp³-hybridized carbons (Fsp3) is 0.875. The second kappa shape index (κ2) is 7.25. The van der Waals surface area contributed by atoms with Crippen LogP contribution in [0.5, 0.6) is 0 Å². The van der Waals surface area contributed by atoms with Crippen LogP contribution in [0.25, 0.3) is 0 Å². The van der Waals surface area contributed by atoms with Gasteiger partial charge in [-0.3, -0.25) is 9.59 Å². The fourth-order valence-corrected chi connectivity index (χ4v) is 3.12. The van der Waals surface area contributed by atoms with E-state index in [2.05, 4.69) is 17.6 Å². The molecule has 1 fully saturated rings. The third-order valence-electron chi connectivity index (χ3n) is 4.07. The maximum Gasteiger partial charge on any atom is 0.308 e. The molecule has 122 valence electrons. The van der Waals surface area contributed by atoms with Crippen LogP contribution in [-0.2, 0) is 9.59 Å². The molecule has 1 saturated heterocycles. The first-order valence-corrected chi connectivity index (χ1v) is 7.96. The third-order valence-corrected chi connectivity index (χ3v) is 4.07. The minimum atomic E-state index is -0.839. The van der Waals surface area contributed by atoms with E-state index in [0.717, 1.165) is 32.2 Å². The molecule has 0 aliphatic carbocycles. The van der Waals surface area contributed by atoms with Crippen molar-refractivity contribution in [3.63, 3.8) is 0 Å². The van der Waals surface area contributed by atoms with Crippen LogP contribution in [0, 0.1) is 11.3 Å². The summed E-state index contributed by atoms with van der Waals surface area (Å²) in [6.07, 6.45) is 4.12. The van der Waals surface area contributed by atoms with Crippen LogP contribution in [0.4, 0.5) is 0 Å². The summed E-state index contributed by atoms with van der Waals surface area (Å²) in [6.45, 7) is 9.18. The van der Waals surface area contributed by atoms with Crippen LogP contribution < -0.4 is 10.6 Å². The lowest BCUT2D eigenvalue weighted by molar-refractivity contribution is -0.142.